The monoisotopic (exact) mass is 875 g/mol. The first-order chi connectivity index (χ1) is 33.6. The Morgan fingerprint density at radius 3 is 1.06 bits per heavy atom. The Morgan fingerprint density at radius 1 is 0.324 bits per heavy atom. The van der Waals surface area contributed by atoms with Crippen molar-refractivity contribution in [1.82, 2.24) is 18.3 Å². The molecule has 7 heteroatoms. The number of hydrogen-bond acceptors (Lipinski definition) is 1. The summed E-state index contributed by atoms with van der Waals surface area (Å²) in [6.07, 6.45) is 0. The molecule has 0 amide bonds. The fourth-order valence-corrected chi connectivity index (χ4v) is 11.2. The number of hydrogen-bond donors (Lipinski definition) is 0. The van der Waals surface area contributed by atoms with Crippen LogP contribution in [0.2, 0.25) is 0 Å². The Balaban J connectivity index is 1.25. The van der Waals surface area contributed by atoms with Crippen LogP contribution in [0.15, 0.2) is 212 Å². The zero-order valence-corrected chi connectivity index (χ0v) is 36.2. The summed E-state index contributed by atoms with van der Waals surface area (Å²) in [6.45, 7) is 0. The van der Waals surface area contributed by atoms with Crippen molar-refractivity contribution in [1.29, 1.82) is 5.26 Å². The summed E-state index contributed by atoms with van der Waals surface area (Å²) >= 11 is 0. The molecular weight excluding hydrogens is 841 g/mol. The minimum absolute atomic E-state index is 0.138. The molecule has 4 heterocycles. The standard InChI is InChI=1S/C61H35F2N5/c62-49-24-15-25-50(63)57(49)48-35-56(68-54-29-14-10-23-43(54)47-33-31-45-41-21-8-12-27-52(41)66(59(45)61(47)68)39-18-5-2-6-19-39)55(34-37(48)36-64)67-53-28-13-9-22-42(53)46-32-30-44-40-20-7-11-26-51(40)65(58(44)60(46)67)38-16-3-1-4-17-38/h1-35H. The minimum Gasteiger partial charge on any atom is -0.307 e. The van der Waals surface area contributed by atoms with E-state index in [4.69, 9.17) is 0 Å². The summed E-state index contributed by atoms with van der Waals surface area (Å²) in [4.78, 5) is 0. The molecule has 318 valence electrons. The zero-order chi connectivity index (χ0) is 45.2. The highest BCUT2D eigenvalue weighted by atomic mass is 19.1. The second-order valence-electron chi connectivity index (χ2n) is 17.4. The van der Waals surface area contributed by atoms with E-state index >= 15 is 8.78 Å². The van der Waals surface area contributed by atoms with E-state index in [1.54, 1.807) is 0 Å². The van der Waals surface area contributed by atoms with Gasteiger partial charge in [-0.2, -0.15) is 5.26 Å². The molecule has 0 saturated heterocycles. The highest BCUT2D eigenvalue weighted by molar-refractivity contribution is 6.26. The van der Waals surface area contributed by atoms with Gasteiger partial charge >= 0.3 is 0 Å². The molecule has 0 spiro atoms. The predicted octanol–water partition coefficient (Wildman–Crippen LogP) is 15.9. The molecule has 0 aliphatic carbocycles. The van der Waals surface area contributed by atoms with E-state index < -0.39 is 11.6 Å². The number of nitriles is 1. The number of fused-ring (bicyclic) bond motifs is 14. The topological polar surface area (TPSA) is 43.5 Å². The molecule has 0 bridgehead atoms. The van der Waals surface area contributed by atoms with Crippen molar-refractivity contribution in [3.63, 3.8) is 0 Å². The zero-order valence-electron chi connectivity index (χ0n) is 36.2. The molecule has 0 saturated carbocycles. The molecule has 0 unspecified atom stereocenters. The van der Waals surface area contributed by atoms with Gasteiger partial charge in [-0.15, -0.1) is 0 Å². The third-order valence-corrected chi connectivity index (χ3v) is 13.9. The Kier molecular flexibility index (Phi) is 8.05. The molecule has 0 atom stereocenters. The quantitative estimate of drug-likeness (QED) is 0.170. The van der Waals surface area contributed by atoms with Gasteiger partial charge in [0.1, 0.15) is 11.6 Å². The van der Waals surface area contributed by atoms with E-state index in [1.807, 2.05) is 36.4 Å². The molecule has 0 aliphatic heterocycles. The minimum atomic E-state index is -0.750. The molecule has 0 aliphatic rings. The predicted molar refractivity (Wildman–Crippen MR) is 274 cm³/mol. The van der Waals surface area contributed by atoms with Crippen LogP contribution in [-0.2, 0) is 0 Å². The largest absolute Gasteiger partial charge is 0.307 e. The molecule has 5 nitrogen and oxygen atoms in total. The van der Waals surface area contributed by atoms with E-state index in [0.29, 0.717) is 11.4 Å². The van der Waals surface area contributed by atoms with E-state index in [2.05, 4.69) is 182 Å². The van der Waals surface area contributed by atoms with Crippen LogP contribution in [0, 0.1) is 23.0 Å². The fourth-order valence-electron chi connectivity index (χ4n) is 11.2. The first kappa shape index (κ1) is 38.1. The Bertz CT molecular complexity index is 4450. The van der Waals surface area contributed by atoms with E-state index in [1.165, 1.54) is 18.2 Å². The number of benzene rings is 10. The van der Waals surface area contributed by atoms with Gasteiger partial charge in [-0.3, -0.25) is 0 Å². The molecule has 10 aromatic carbocycles. The lowest BCUT2D eigenvalue weighted by Crippen LogP contribution is -2.07. The molecular formula is C61H35F2N5. The summed E-state index contributed by atoms with van der Waals surface area (Å²) in [6, 6.07) is 73.2. The average Bonchev–Trinajstić information content (AvgIpc) is 4.12. The first-order valence-corrected chi connectivity index (χ1v) is 22.6. The molecule has 14 rings (SSSR count). The molecule has 14 aromatic rings. The third-order valence-electron chi connectivity index (χ3n) is 13.9. The Labute approximate surface area is 387 Å². The molecule has 0 radical (unpaired) electrons. The number of halogens is 2. The van der Waals surface area contributed by atoms with Crippen LogP contribution in [0.4, 0.5) is 8.78 Å². The van der Waals surface area contributed by atoms with Crippen molar-refractivity contribution in [3.8, 4) is 39.9 Å². The van der Waals surface area contributed by atoms with E-state index in [0.717, 1.165) is 98.6 Å². The van der Waals surface area contributed by atoms with Crippen LogP contribution < -0.4 is 0 Å². The summed E-state index contributed by atoms with van der Waals surface area (Å²) in [5.74, 6) is -1.50. The van der Waals surface area contributed by atoms with Gasteiger partial charge < -0.3 is 18.3 Å². The summed E-state index contributed by atoms with van der Waals surface area (Å²) in [7, 11) is 0. The lowest BCUT2D eigenvalue weighted by atomic mass is 9.97. The first-order valence-electron chi connectivity index (χ1n) is 22.6. The lowest BCUT2D eigenvalue weighted by Gasteiger charge is -2.21. The van der Waals surface area contributed by atoms with Crippen molar-refractivity contribution in [2.45, 2.75) is 0 Å². The number of rotatable bonds is 5. The molecule has 4 aromatic heterocycles. The van der Waals surface area contributed by atoms with Crippen molar-refractivity contribution < 1.29 is 8.78 Å². The van der Waals surface area contributed by atoms with Gasteiger partial charge in [-0.05, 0) is 72.8 Å². The highest BCUT2D eigenvalue weighted by Crippen LogP contribution is 2.47. The maximum absolute atomic E-state index is 16.3. The van der Waals surface area contributed by atoms with Gasteiger partial charge in [0.05, 0.1) is 72.7 Å². The smallest absolute Gasteiger partial charge is 0.134 e. The van der Waals surface area contributed by atoms with Gasteiger partial charge in [0, 0.05) is 60.0 Å². The van der Waals surface area contributed by atoms with Crippen LogP contribution >= 0.6 is 0 Å². The molecule has 68 heavy (non-hydrogen) atoms. The van der Waals surface area contributed by atoms with E-state index in [-0.39, 0.29) is 16.7 Å². The van der Waals surface area contributed by atoms with Crippen molar-refractivity contribution in [3.05, 3.63) is 230 Å². The van der Waals surface area contributed by atoms with Crippen molar-refractivity contribution >= 4 is 87.2 Å². The van der Waals surface area contributed by atoms with Gasteiger partial charge in [0.15, 0.2) is 0 Å². The maximum Gasteiger partial charge on any atom is 0.134 e. The lowest BCUT2D eigenvalue weighted by molar-refractivity contribution is 0.589. The second-order valence-corrected chi connectivity index (χ2v) is 17.4. The fraction of sp³-hybridized carbons (Fsp3) is 0. The van der Waals surface area contributed by atoms with Crippen LogP contribution in [0.5, 0.6) is 0 Å². The van der Waals surface area contributed by atoms with Gasteiger partial charge in [0.2, 0.25) is 0 Å². The molecule has 0 fully saturated rings. The second kappa shape index (κ2) is 14.4. The normalized spacial score (nSPS) is 12.0. The Hall–Kier alpha value is -9.25. The summed E-state index contributed by atoms with van der Waals surface area (Å²) in [5.41, 5.74) is 11.1. The Morgan fingerprint density at radius 2 is 0.662 bits per heavy atom. The van der Waals surface area contributed by atoms with Crippen LogP contribution in [0.3, 0.4) is 0 Å². The third kappa shape index (κ3) is 5.17. The van der Waals surface area contributed by atoms with Gasteiger partial charge in [-0.1, -0.05) is 140 Å². The molecule has 0 N–H and O–H groups in total. The number of para-hydroxylation sites is 6. The van der Waals surface area contributed by atoms with Crippen molar-refractivity contribution in [2.75, 3.05) is 0 Å². The maximum atomic E-state index is 16.3. The average molecular weight is 876 g/mol. The van der Waals surface area contributed by atoms with E-state index in [9.17, 15) is 5.26 Å². The van der Waals surface area contributed by atoms with Gasteiger partial charge in [-0.25, -0.2) is 8.78 Å². The van der Waals surface area contributed by atoms with Crippen LogP contribution in [0.25, 0.3) is 121 Å². The highest BCUT2D eigenvalue weighted by Gasteiger charge is 2.28. The summed E-state index contributed by atoms with van der Waals surface area (Å²) in [5, 5.41) is 19.6. The van der Waals surface area contributed by atoms with Crippen LogP contribution in [0.1, 0.15) is 5.56 Å². The summed E-state index contributed by atoms with van der Waals surface area (Å²) < 4.78 is 41.8. The number of nitrogens with zero attached hydrogens (tertiary/aromatic N) is 5. The van der Waals surface area contributed by atoms with Crippen LogP contribution in [-0.4, -0.2) is 18.3 Å². The van der Waals surface area contributed by atoms with Crippen molar-refractivity contribution in [2.24, 2.45) is 0 Å². The van der Waals surface area contributed by atoms with Gasteiger partial charge in [0.25, 0.3) is 0 Å². The SMILES string of the molecule is N#Cc1cc(-n2c3ccccc3c3ccc4c5ccccc5n(-c5ccccc5)c4c32)c(-n2c3ccccc3c3ccc4c5ccccc5n(-c5ccccc5)c4c32)cc1-c1c(F)cccc1F. The number of aromatic nitrogens is 4.